The Bertz CT molecular complexity index is 678. The third-order valence-corrected chi connectivity index (χ3v) is 4.23. The molecule has 0 aliphatic rings. The van der Waals surface area contributed by atoms with E-state index in [-0.39, 0.29) is 17.0 Å². The summed E-state index contributed by atoms with van der Waals surface area (Å²) in [6.07, 6.45) is 1.68. The van der Waals surface area contributed by atoms with Crippen LogP contribution in [0.2, 0.25) is 0 Å². The lowest BCUT2D eigenvalue weighted by Crippen LogP contribution is -2.29. The second kappa shape index (κ2) is 6.61. The molecule has 2 atom stereocenters. The van der Waals surface area contributed by atoms with Crippen molar-refractivity contribution in [1.29, 1.82) is 0 Å². The van der Waals surface area contributed by atoms with E-state index in [1.165, 1.54) is 0 Å². The van der Waals surface area contributed by atoms with E-state index in [0.717, 1.165) is 18.4 Å². The van der Waals surface area contributed by atoms with Gasteiger partial charge in [0.2, 0.25) is 0 Å². The molecule has 1 heterocycles. The number of halogens is 1. The second-order valence-corrected chi connectivity index (χ2v) is 6.54. The van der Waals surface area contributed by atoms with Gasteiger partial charge < -0.3 is 0 Å². The van der Waals surface area contributed by atoms with E-state index in [2.05, 4.69) is 25.8 Å². The average molecular weight is 307 g/mol. The van der Waals surface area contributed by atoms with Crippen LogP contribution < -0.4 is 5.56 Å². The zero-order chi connectivity index (χ0) is 15.6. The molecule has 2 unspecified atom stereocenters. The molecular formula is C17H23ClN2O. The van der Waals surface area contributed by atoms with Crippen LogP contribution in [0.1, 0.15) is 57.8 Å². The minimum Gasteiger partial charge on any atom is -0.292 e. The Kier molecular flexibility index (Phi) is 5.04. The van der Waals surface area contributed by atoms with E-state index in [9.17, 15) is 4.79 Å². The molecule has 0 saturated heterocycles. The van der Waals surface area contributed by atoms with Gasteiger partial charge in [0, 0.05) is 6.04 Å². The molecule has 0 radical (unpaired) electrons. The van der Waals surface area contributed by atoms with Gasteiger partial charge in [0.15, 0.2) is 0 Å². The number of aromatic nitrogens is 2. The minimum atomic E-state index is -0.239. The zero-order valence-corrected chi connectivity index (χ0v) is 13.9. The standard InChI is InChI=1S/C17H23ClN2O/c1-5-14(18)16-19-15-9-7-6-8-13(15)17(21)20(16)12(4)10-11(2)3/h6-9,11-12,14H,5,10H2,1-4H3. The molecule has 114 valence electrons. The molecule has 2 rings (SSSR count). The Labute approximate surface area is 131 Å². The summed E-state index contributed by atoms with van der Waals surface area (Å²) in [5.41, 5.74) is 0.743. The SMILES string of the molecule is CCC(Cl)c1nc2ccccc2c(=O)n1C(C)CC(C)C. The number of benzene rings is 1. The van der Waals surface area contributed by atoms with E-state index in [1.54, 1.807) is 4.57 Å². The zero-order valence-electron chi connectivity index (χ0n) is 13.1. The average Bonchev–Trinajstić information content (AvgIpc) is 2.45. The van der Waals surface area contributed by atoms with Crippen LogP contribution in [0.5, 0.6) is 0 Å². The molecule has 3 nitrogen and oxygen atoms in total. The topological polar surface area (TPSA) is 34.9 Å². The fourth-order valence-electron chi connectivity index (χ4n) is 2.78. The van der Waals surface area contributed by atoms with Crippen LogP contribution in [0.3, 0.4) is 0 Å². The number of rotatable bonds is 5. The van der Waals surface area contributed by atoms with Gasteiger partial charge in [-0.2, -0.15) is 0 Å². The van der Waals surface area contributed by atoms with Gasteiger partial charge in [0.1, 0.15) is 5.82 Å². The van der Waals surface area contributed by atoms with E-state index in [1.807, 2.05) is 31.2 Å². The third kappa shape index (κ3) is 3.29. The smallest absolute Gasteiger partial charge is 0.261 e. The first kappa shape index (κ1) is 16.0. The Balaban J connectivity index is 2.69. The van der Waals surface area contributed by atoms with E-state index >= 15 is 0 Å². The fraction of sp³-hybridized carbons (Fsp3) is 0.529. The molecule has 1 aromatic heterocycles. The van der Waals surface area contributed by atoms with Gasteiger partial charge in [0.25, 0.3) is 5.56 Å². The van der Waals surface area contributed by atoms with Gasteiger partial charge in [-0.1, -0.05) is 32.9 Å². The molecule has 1 aromatic carbocycles. The number of alkyl halides is 1. The fourth-order valence-corrected chi connectivity index (χ4v) is 2.93. The van der Waals surface area contributed by atoms with Gasteiger partial charge in [-0.05, 0) is 37.8 Å². The van der Waals surface area contributed by atoms with Crippen LogP contribution in [0.15, 0.2) is 29.1 Å². The predicted molar refractivity (Wildman–Crippen MR) is 89.1 cm³/mol. The van der Waals surface area contributed by atoms with Crippen molar-refractivity contribution in [2.75, 3.05) is 0 Å². The van der Waals surface area contributed by atoms with Crippen molar-refractivity contribution in [3.8, 4) is 0 Å². The van der Waals surface area contributed by atoms with Gasteiger partial charge in [-0.3, -0.25) is 9.36 Å². The maximum atomic E-state index is 12.9. The number of hydrogen-bond donors (Lipinski definition) is 0. The van der Waals surface area contributed by atoms with Gasteiger partial charge in [-0.15, -0.1) is 11.6 Å². The van der Waals surface area contributed by atoms with Crippen molar-refractivity contribution in [1.82, 2.24) is 9.55 Å². The highest BCUT2D eigenvalue weighted by molar-refractivity contribution is 6.20. The van der Waals surface area contributed by atoms with Crippen LogP contribution in [0, 0.1) is 5.92 Å². The number of nitrogens with zero attached hydrogens (tertiary/aromatic N) is 2. The molecule has 0 N–H and O–H groups in total. The van der Waals surface area contributed by atoms with Crippen molar-refractivity contribution in [3.05, 3.63) is 40.4 Å². The maximum Gasteiger partial charge on any atom is 0.261 e. The lowest BCUT2D eigenvalue weighted by molar-refractivity contribution is 0.403. The summed E-state index contributed by atoms with van der Waals surface area (Å²) < 4.78 is 1.80. The number of fused-ring (bicyclic) bond motifs is 1. The first-order valence-corrected chi connectivity index (χ1v) is 8.04. The Morgan fingerprint density at radius 2 is 1.90 bits per heavy atom. The highest BCUT2D eigenvalue weighted by atomic mass is 35.5. The maximum absolute atomic E-state index is 12.9. The summed E-state index contributed by atoms with van der Waals surface area (Å²) >= 11 is 6.43. The molecule has 0 spiro atoms. The third-order valence-electron chi connectivity index (χ3n) is 3.73. The van der Waals surface area contributed by atoms with E-state index < -0.39 is 0 Å². The molecular weight excluding hydrogens is 284 g/mol. The molecule has 2 aromatic rings. The molecule has 0 aliphatic carbocycles. The first-order chi connectivity index (χ1) is 9.95. The van der Waals surface area contributed by atoms with Crippen LogP contribution in [-0.2, 0) is 0 Å². The molecule has 4 heteroatoms. The molecule has 0 bridgehead atoms. The molecule has 0 fully saturated rings. The Morgan fingerprint density at radius 1 is 1.24 bits per heavy atom. The summed E-state index contributed by atoms with van der Waals surface area (Å²) in [7, 11) is 0. The minimum absolute atomic E-state index is 0.0165. The van der Waals surface area contributed by atoms with Crippen LogP contribution in [0.25, 0.3) is 10.9 Å². The van der Waals surface area contributed by atoms with Gasteiger partial charge in [0.05, 0.1) is 16.3 Å². The van der Waals surface area contributed by atoms with Gasteiger partial charge in [-0.25, -0.2) is 4.98 Å². The Hall–Kier alpha value is -1.35. The molecule has 21 heavy (non-hydrogen) atoms. The summed E-state index contributed by atoms with van der Waals surface area (Å²) in [4.78, 5) is 17.5. The Morgan fingerprint density at radius 3 is 2.52 bits per heavy atom. The largest absolute Gasteiger partial charge is 0.292 e. The summed E-state index contributed by atoms with van der Waals surface area (Å²) in [6, 6.07) is 7.58. The second-order valence-electron chi connectivity index (χ2n) is 6.02. The van der Waals surface area contributed by atoms with Crippen molar-refractivity contribution < 1.29 is 0 Å². The van der Waals surface area contributed by atoms with Crippen molar-refractivity contribution in [3.63, 3.8) is 0 Å². The lowest BCUT2D eigenvalue weighted by atomic mass is 10.0. The van der Waals surface area contributed by atoms with E-state index in [4.69, 9.17) is 11.6 Å². The quantitative estimate of drug-likeness (QED) is 0.751. The van der Waals surface area contributed by atoms with Crippen LogP contribution in [0.4, 0.5) is 0 Å². The van der Waals surface area contributed by atoms with Crippen molar-refractivity contribution in [2.24, 2.45) is 5.92 Å². The van der Waals surface area contributed by atoms with Crippen LogP contribution >= 0.6 is 11.6 Å². The molecule has 0 aliphatic heterocycles. The highest BCUT2D eigenvalue weighted by Gasteiger charge is 2.20. The van der Waals surface area contributed by atoms with Crippen molar-refractivity contribution >= 4 is 22.5 Å². The van der Waals surface area contributed by atoms with E-state index in [0.29, 0.717) is 17.1 Å². The number of hydrogen-bond acceptors (Lipinski definition) is 2. The number of para-hydroxylation sites is 1. The molecule has 0 saturated carbocycles. The normalized spacial score (nSPS) is 14.6. The van der Waals surface area contributed by atoms with Gasteiger partial charge >= 0.3 is 0 Å². The lowest BCUT2D eigenvalue weighted by Gasteiger charge is -2.23. The molecule has 0 amide bonds. The predicted octanol–water partition coefficient (Wildman–Crippen LogP) is 4.69. The first-order valence-electron chi connectivity index (χ1n) is 7.60. The summed E-state index contributed by atoms with van der Waals surface area (Å²) in [6.45, 7) is 8.40. The summed E-state index contributed by atoms with van der Waals surface area (Å²) in [5, 5.41) is 0.425. The highest BCUT2D eigenvalue weighted by Crippen LogP contribution is 2.27. The monoisotopic (exact) mass is 306 g/mol. The van der Waals surface area contributed by atoms with Crippen molar-refractivity contribution in [2.45, 2.75) is 52.0 Å². The summed E-state index contributed by atoms with van der Waals surface area (Å²) in [5.74, 6) is 1.21. The van der Waals surface area contributed by atoms with Crippen LogP contribution in [-0.4, -0.2) is 9.55 Å².